The van der Waals surface area contributed by atoms with Crippen LogP contribution in [-0.2, 0) is 7.05 Å². The summed E-state index contributed by atoms with van der Waals surface area (Å²) in [6, 6.07) is 0. The van der Waals surface area contributed by atoms with Gasteiger partial charge in [-0.3, -0.25) is 0 Å². The summed E-state index contributed by atoms with van der Waals surface area (Å²) in [5, 5.41) is 11.0. The van der Waals surface area contributed by atoms with Crippen LogP contribution in [0, 0.1) is 5.92 Å². The third-order valence-electron chi connectivity index (χ3n) is 4.12. The third kappa shape index (κ3) is 2.74. The highest BCUT2D eigenvalue weighted by atomic mass is 35.5. The van der Waals surface area contributed by atoms with Crippen molar-refractivity contribution in [1.82, 2.24) is 19.5 Å². The zero-order valence-corrected chi connectivity index (χ0v) is 13.1. The lowest BCUT2D eigenvalue weighted by Gasteiger charge is -2.35. The fourth-order valence-electron chi connectivity index (χ4n) is 2.93. The van der Waals surface area contributed by atoms with Gasteiger partial charge in [0.05, 0.1) is 0 Å². The number of aryl methyl sites for hydroxylation is 1. The summed E-state index contributed by atoms with van der Waals surface area (Å²) in [5.41, 5.74) is 5.75. The minimum Gasteiger partial charge on any atom is -0.385 e. The van der Waals surface area contributed by atoms with Crippen molar-refractivity contribution >= 4 is 23.2 Å². The summed E-state index contributed by atoms with van der Waals surface area (Å²) in [6.45, 7) is 1.49. The Hall–Kier alpha value is -1.86. The number of halogens is 1. The second-order valence-electron chi connectivity index (χ2n) is 5.59. The van der Waals surface area contributed by atoms with Gasteiger partial charge >= 0.3 is 0 Å². The Kier molecular flexibility index (Phi) is 4.17. The summed E-state index contributed by atoms with van der Waals surface area (Å²) >= 11 is 6.21. The molecule has 0 spiro atoms. The Balaban J connectivity index is 1.80. The number of piperidine rings is 1. The molecule has 1 saturated heterocycles. The quantitative estimate of drug-likeness (QED) is 0.887. The number of imidazole rings is 1. The predicted molar refractivity (Wildman–Crippen MR) is 84.6 cm³/mol. The predicted octanol–water partition coefficient (Wildman–Crippen LogP) is 1.40. The van der Waals surface area contributed by atoms with Crippen molar-refractivity contribution in [3.8, 4) is 0 Å². The van der Waals surface area contributed by atoms with Gasteiger partial charge in [-0.2, -0.15) is 0 Å². The van der Waals surface area contributed by atoms with Crippen LogP contribution in [0.2, 0.25) is 5.02 Å². The van der Waals surface area contributed by atoms with Crippen LogP contribution < -0.4 is 10.6 Å². The summed E-state index contributed by atoms with van der Waals surface area (Å²) in [4.78, 5) is 14.4. The highest BCUT2D eigenvalue weighted by molar-refractivity contribution is 6.35. The van der Waals surface area contributed by atoms with Crippen LogP contribution in [0.4, 0.5) is 11.6 Å². The van der Waals surface area contributed by atoms with Gasteiger partial charge in [0.2, 0.25) is 0 Å². The van der Waals surface area contributed by atoms with E-state index in [1.807, 2.05) is 17.8 Å². The number of nitrogens with two attached hydrogens (primary N) is 1. The van der Waals surface area contributed by atoms with Crippen molar-refractivity contribution in [2.24, 2.45) is 13.0 Å². The second kappa shape index (κ2) is 6.10. The monoisotopic (exact) mass is 322 g/mol. The minimum absolute atomic E-state index is 0.0714. The van der Waals surface area contributed by atoms with Crippen LogP contribution in [0.15, 0.2) is 18.7 Å². The van der Waals surface area contributed by atoms with E-state index in [9.17, 15) is 5.11 Å². The molecule has 0 aliphatic carbocycles. The first-order chi connectivity index (χ1) is 10.6. The molecule has 0 unspecified atom stereocenters. The molecule has 1 aliphatic heterocycles. The van der Waals surface area contributed by atoms with Crippen molar-refractivity contribution in [1.29, 1.82) is 0 Å². The van der Waals surface area contributed by atoms with E-state index in [-0.39, 0.29) is 11.7 Å². The van der Waals surface area contributed by atoms with Crippen molar-refractivity contribution in [3.05, 3.63) is 29.6 Å². The Labute approximate surface area is 133 Å². The molecule has 7 nitrogen and oxygen atoms in total. The molecule has 0 bridgehead atoms. The Morgan fingerprint density at radius 3 is 2.95 bits per heavy atom. The number of hydrogen-bond donors (Lipinski definition) is 2. The maximum atomic E-state index is 10.6. The molecule has 0 radical (unpaired) electrons. The molecule has 1 aliphatic rings. The van der Waals surface area contributed by atoms with Crippen molar-refractivity contribution in [3.63, 3.8) is 0 Å². The molecule has 8 heteroatoms. The molecule has 1 fully saturated rings. The summed E-state index contributed by atoms with van der Waals surface area (Å²) in [6.07, 6.45) is 6.22. The number of nitrogens with zero attached hydrogens (tertiary/aromatic N) is 5. The van der Waals surface area contributed by atoms with Crippen molar-refractivity contribution in [2.45, 2.75) is 18.9 Å². The molecule has 2 aromatic rings. The van der Waals surface area contributed by atoms with Gasteiger partial charge in [-0.15, -0.1) is 0 Å². The van der Waals surface area contributed by atoms with E-state index in [1.165, 1.54) is 6.33 Å². The summed E-state index contributed by atoms with van der Waals surface area (Å²) < 4.78 is 1.85. The zero-order chi connectivity index (χ0) is 15.7. The molecule has 0 amide bonds. The molecule has 0 saturated carbocycles. The van der Waals surface area contributed by atoms with Crippen molar-refractivity contribution in [2.75, 3.05) is 23.7 Å². The lowest BCUT2D eigenvalue weighted by atomic mass is 9.92. The number of nitrogen functional groups attached to an aromatic ring is 1. The lowest BCUT2D eigenvalue weighted by molar-refractivity contribution is 0.0874. The Morgan fingerprint density at radius 1 is 1.41 bits per heavy atom. The first-order valence-electron chi connectivity index (χ1n) is 7.24. The molecule has 3 N–H and O–H groups in total. The van der Waals surface area contributed by atoms with Gasteiger partial charge in [0.15, 0.2) is 5.82 Å². The normalized spacial score (nSPS) is 20.1. The molecule has 118 valence electrons. The number of anilines is 2. The van der Waals surface area contributed by atoms with E-state index < -0.39 is 6.10 Å². The number of rotatable bonds is 3. The molecule has 3 heterocycles. The van der Waals surface area contributed by atoms with Crippen LogP contribution in [0.3, 0.4) is 0 Å². The van der Waals surface area contributed by atoms with Crippen LogP contribution in [0.5, 0.6) is 0 Å². The molecule has 0 aromatic carbocycles. The average Bonchev–Trinajstić information content (AvgIpc) is 2.95. The van der Waals surface area contributed by atoms with E-state index in [4.69, 9.17) is 17.3 Å². The number of aliphatic hydroxyl groups is 1. The van der Waals surface area contributed by atoms with Gasteiger partial charge in [-0.1, -0.05) is 11.6 Å². The third-order valence-corrected chi connectivity index (χ3v) is 4.49. The summed E-state index contributed by atoms with van der Waals surface area (Å²) in [7, 11) is 1.88. The largest absolute Gasteiger partial charge is 0.385 e. The first kappa shape index (κ1) is 15.1. The first-order valence-corrected chi connectivity index (χ1v) is 7.62. The SMILES string of the molecule is Cn1ccnc1[C@@H](O)[C@H]1CCCN(c2ncnc(N)c2Cl)C1. The Bertz CT molecular complexity index is 661. The van der Waals surface area contributed by atoms with Gasteiger partial charge in [-0.05, 0) is 12.8 Å². The number of aromatic nitrogens is 4. The van der Waals surface area contributed by atoms with E-state index in [0.29, 0.717) is 23.2 Å². The van der Waals surface area contributed by atoms with Crippen LogP contribution >= 0.6 is 11.6 Å². The fraction of sp³-hybridized carbons (Fsp3) is 0.500. The van der Waals surface area contributed by atoms with Gasteiger partial charge in [0, 0.05) is 38.4 Å². The van der Waals surface area contributed by atoms with Gasteiger partial charge in [-0.25, -0.2) is 15.0 Å². The highest BCUT2D eigenvalue weighted by Crippen LogP contribution is 2.34. The van der Waals surface area contributed by atoms with E-state index in [2.05, 4.69) is 19.9 Å². The van der Waals surface area contributed by atoms with E-state index >= 15 is 0 Å². The van der Waals surface area contributed by atoms with Gasteiger partial charge in [0.1, 0.15) is 29.1 Å². The Morgan fingerprint density at radius 2 is 2.23 bits per heavy atom. The number of hydrogen-bond acceptors (Lipinski definition) is 6. The standard InChI is InChI=1S/C14H19ClN6O/c1-20-6-4-17-14(20)11(22)9-3-2-5-21(7-9)13-10(15)12(16)18-8-19-13/h4,6,8-9,11,22H,2-3,5,7H2,1H3,(H2,16,18,19)/t9-,11-/m0/s1. The second-order valence-corrected chi connectivity index (χ2v) is 5.96. The van der Waals surface area contributed by atoms with Gasteiger partial charge in [0.25, 0.3) is 0 Å². The topological polar surface area (TPSA) is 93.1 Å². The molecular weight excluding hydrogens is 304 g/mol. The van der Waals surface area contributed by atoms with Crippen LogP contribution in [0.1, 0.15) is 24.8 Å². The lowest BCUT2D eigenvalue weighted by Crippen LogP contribution is -2.39. The van der Waals surface area contributed by atoms with E-state index in [1.54, 1.807) is 6.20 Å². The maximum Gasteiger partial charge on any atom is 0.153 e. The molecular formula is C14H19ClN6O. The zero-order valence-electron chi connectivity index (χ0n) is 12.4. The highest BCUT2D eigenvalue weighted by Gasteiger charge is 2.30. The van der Waals surface area contributed by atoms with Gasteiger partial charge < -0.3 is 20.3 Å². The number of aliphatic hydroxyl groups excluding tert-OH is 1. The molecule has 2 aromatic heterocycles. The smallest absolute Gasteiger partial charge is 0.153 e. The molecule has 22 heavy (non-hydrogen) atoms. The van der Waals surface area contributed by atoms with Crippen LogP contribution in [-0.4, -0.2) is 37.7 Å². The minimum atomic E-state index is -0.610. The average molecular weight is 323 g/mol. The van der Waals surface area contributed by atoms with Crippen molar-refractivity contribution < 1.29 is 5.11 Å². The van der Waals surface area contributed by atoms with E-state index in [0.717, 1.165) is 19.4 Å². The molecule has 3 rings (SSSR count). The maximum absolute atomic E-state index is 10.6. The van der Waals surface area contributed by atoms with Crippen LogP contribution in [0.25, 0.3) is 0 Å². The summed E-state index contributed by atoms with van der Waals surface area (Å²) in [5.74, 6) is 1.66. The molecule has 2 atom stereocenters. The fourth-order valence-corrected chi connectivity index (χ4v) is 3.14.